The summed E-state index contributed by atoms with van der Waals surface area (Å²) in [6, 6.07) is 33.0. The fraction of sp³-hybridized carbons (Fsp3) is 0.147. The zero-order valence-corrected chi connectivity index (χ0v) is 24.3. The van der Waals surface area contributed by atoms with Crippen LogP contribution in [-0.2, 0) is 4.74 Å². The lowest BCUT2D eigenvalue weighted by atomic mass is 9.96. The van der Waals surface area contributed by atoms with Gasteiger partial charge in [0.15, 0.2) is 5.11 Å². The minimum atomic E-state index is -0.359. The van der Waals surface area contributed by atoms with Crippen LogP contribution in [0.4, 0.5) is 5.69 Å². The smallest absolute Gasteiger partial charge is 0.337 e. The van der Waals surface area contributed by atoms with Crippen LogP contribution in [0.3, 0.4) is 0 Å². The Bertz CT molecular complexity index is 1720. The fourth-order valence-corrected chi connectivity index (χ4v) is 5.94. The molecule has 7 nitrogen and oxygen atoms in total. The number of methoxy groups -OCH3 is 1. The van der Waals surface area contributed by atoms with Crippen LogP contribution in [0.15, 0.2) is 109 Å². The summed E-state index contributed by atoms with van der Waals surface area (Å²) in [4.78, 5) is 18.8. The van der Waals surface area contributed by atoms with Crippen LogP contribution in [0.25, 0.3) is 5.69 Å². The second-order valence-corrected chi connectivity index (χ2v) is 10.5. The highest BCUT2D eigenvalue weighted by atomic mass is 32.1. The Hall–Kier alpha value is -4.95. The monoisotopic (exact) mass is 574 g/mol. The Morgan fingerprint density at radius 1 is 0.857 bits per heavy atom. The lowest BCUT2D eigenvalue weighted by molar-refractivity contribution is 0.0600. The summed E-state index contributed by atoms with van der Waals surface area (Å²) in [6.07, 6.45) is 1.81. The molecular formula is C34H30N4O3S. The molecule has 1 N–H and O–H groups in total. The molecule has 0 aliphatic carbocycles. The first-order valence-electron chi connectivity index (χ1n) is 13.7. The summed E-state index contributed by atoms with van der Waals surface area (Å²) in [6.45, 7) is 4.20. The summed E-state index contributed by atoms with van der Waals surface area (Å²) in [5.41, 5.74) is 6.59. The summed E-state index contributed by atoms with van der Waals surface area (Å²) in [5, 5.41) is 4.17. The summed E-state index contributed by atoms with van der Waals surface area (Å²) >= 11 is 5.95. The fourth-order valence-electron chi connectivity index (χ4n) is 5.60. The van der Waals surface area contributed by atoms with Crippen molar-refractivity contribution in [2.75, 3.05) is 12.0 Å². The van der Waals surface area contributed by atoms with Crippen LogP contribution in [0, 0.1) is 13.8 Å². The molecule has 5 aromatic rings. The molecule has 0 spiro atoms. The number of hydrogen-bond donors (Lipinski definition) is 1. The van der Waals surface area contributed by atoms with E-state index in [-0.39, 0.29) is 18.1 Å². The standard InChI is InChI=1S/C34H30N4O3S/c1-22-21-29(23(2)37(22)25-14-12-24(13-15-25)33(39)40-3)32-31(30-11-7-8-20-35-30)36-34(42)38(32)26-16-18-28(19-17-26)41-27-9-5-4-6-10-27/h4-21,31-32H,1-3H3,(H,36,42)/t31-,32-/m0/s1. The first-order valence-corrected chi connectivity index (χ1v) is 14.1. The number of nitrogens with zero attached hydrogens (tertiary/aromatic N) is 3. The predicted molar refractivity (Wildman–Crippen MR) is 167 cm³/mol. The van der Waals surface area contributed by atoms with Gasteiger partial charge in [-0.25, -0.2) is 4.79 Å². The SMILES string of the molecule is COC(=O)c1ccc(-n2c(C)cc([C@H]3[C@H](c4ccccn4)NC(=S)N3c3ccc(Oc4ccccc4)cc3)c2C)cc1. The third kappa shape index (κ3) is 5.12. The Morgan fingerprint density at radius 2 is 1.52 bits per heavy atom. The molecule has 1 saturated heterocycles. The Balaban J connectivity index is 1.40. The number of ether oxygens (including phenoxy) is 2. The molecule has 8 heteroatoms. The van der Waals surface area contributed by atoms with E-state index < -0.39 is 0 Å². The number of nitrogens with one attached hydrogen (secondary N) is 1. The van der Waals surface area contributed by atoms with Crippen LogP contribution in [0.5, 0.6) is 11.5 Å². The number of thiocarbonyl (C=S) groups is 1. The molecule has 0 bridgehead atoms. The van der Waals surface area contributed by atoms with E-state index in [9.17, 15) is 4.79 Å². The van der Waals surface area contributed by atoms with Gasteiger partial charge in [-0.2, -0.15) is 0 Å². The molecule has 42 heavy (non-hydrogen) atoms. The van der Waals surface area contributed by atoms with Gasteiger partial charge in [0, 0.05) is 29.0 Å². The minimum Gasteiger partial charge on any atom is -0.465 e. The number of carbonyl (C=O) groups excluding carboxylic acids is 1. The van der Waals surface area contributed by atoms with Crippen molar-refractivity contribution in [3.05, 3.63) is 138 Å². The summed E-state index contributed by atoms with van der Waals surface area (Å²) in [5.74, 6) is 1.17. The number of anilines is 1. The van der Waals surface area contributed by atoms with Gasteiger partial charge in [-0.05, 0) is 110 Å². The van der Waals surface area contributed by atoms with E-state index >= 15 is 0 Å². The number of benzene rings is 3. The van der Waals surface area contributed by atoms with Crippen LogP contribution in [0.2, 0.25) is 0 Å². The molecule has 3 aromatic carbocycles. The molecule has 0 unspecified atom stereocenters. The molecule has 0 amide bonds. The van der Waals surface area contributed by atoms with E-state index in [1.165, 1.54) is 7.11 Å². The van der Waals surface area contributed by atoms with E-state index in [1.54, 1.807) is 12.1 Å². The number of rotatable bonds is 7. The quantitative estimate of drug-likeness (QED) is 0.162. The van der Waals surface area contributed by atoms with E-state index in [0.29, 0.717) is 10.7 Å². The second kappa shape index (κ2) is 11.5. The van der Waals surface area contributed by atoms with Crippen molar-refractivity contribution in [2.24, 2.45) is 0 Å². The van der Waals surface area contributed by atoms with Crippen LogP contribution < -0.4 is 15.0 Å². The topological polar surface area (TPSA) is 68.6 Å². The number of aryl methyl sites for hydroxylation is 1. The normalized spacial score (nSPS) is 16.3. The average molecular weight is 575 g/mol. The van der Waals surface area contributed by atoms with Crippen molar-refractivity contribution in [3.8, 4) is 17.2 Å². The molecule has 1 fully saturated rings. The number of para-hydroxylation sites is 1. The minimum absolute atomic E-state index is 0.164. The maximum atomic E-state index is 12.0. The van der Waals surface area contributed by atoms with Gasteiger partial charge in [0.1, 0.15) is 11.5 Å². The van der Waals surface area contributed by atoms with Crippen LogP contribution in [-0.4, -0.2) is 27.7 Å². The molecule has 6 rings (SSSR count). The second-order valence-electron chi connectivity index (χ2n) is 10.1. The molecule has 3 heterocycles. The molecular weight excluding hydrogens is 544 g/mol. The average Bonchev–Trinajstić information content (AvgIpc) is 3.52. The molecule has 1 aliphatic rings. The highest BCUT2D eigenvalue weighted by Gasteiger charge is 2.42. The molecule has 1 aliphatic heterocycles. The van der Waals surface area contributed by atoms with Gasteiger partial charge in [-0.1, -0.05) is 24.3 Å². The summed E-state index contributed by atoms with van der Waals surface area (Å²) in [7, 11) is 1.39. The van der Waals surface area contributed by atoms with E-state index in [2.05, 4.69) is 34.7 Å². The zero-order valence-electron chi connectivity index (χ0n) is 23.5. The van der Waals surface area contributed by atoms with Crippen LogP contribution in [0.1, 0.15) is 45.1 Å². The lowest BCUT2D eigenvalue weighted by Gasteiger charge is -2.28. The largest absolute Gasteiger partial charge is 0.465 e. The third-order valence-electron chi connectivity index (χ3n) is 7.53. The van der Waals surface area contributed by atoms with Gasteiger partial charge in [0.05, 0.1) is 30.5 Å². The Morgan fingerprint density at radius 3 is 2.19 bits per heavy atom. The molecule has 2 atom stereocenters. The molecule has 210 valence electrons. The number of aromatic nitrogens is 2. The van der Waals surface area contributed by atoms with Gasteiger partial charge in [-0.3, -0.25) is 4.98 Å². The van der Waals surface area contributed by atoms with Crippen molar-refractivity contribution >= 4 is 29.0 Å². The molecule has 2 aromatic heterocycles. The van der Waals surface area contributed by atoms with Crippen molar-refractivity contribution in [2.45, 2.75) is 25.9 Å². The summed E-state index contributed by atoms with van der Waals surface area (Å²) < 4.78 is 13.1. The highest BCUT2D eigenvalue weighted by Crippen LogP contribution is 2.44. The van der Waals surface area contributed by atoms with Gasteiger partial charge < -0.3 is 24.3 Å². The number of pyridine rings is 1. The number of esters is 1. The lowest BCUT2D eigenvalue weighted by Crippen LogP contribution is -2.29. The number of carbonyl (C=O) groups is 1. The molecule has 0 radical (unpaired) electrons. The maximum absolute atomic E-state index is 12.0. The highest BCUT2D eigenvalue weighted by molar-refractivity contribution is 7.80. The van der Waals surface area contributed by atoms with Crippen molar-refractivity contribution < 1.29 is 14.3 Å². The van der Waals surface area contributed by atoms with Crippen LogP contribution >= 0.6 is 12.2 Å². The van der Waals surface area contributed by atoms with Crippen molar-refractivity contribution in [1.29, 1.82) is 0 Å². The Kier molecular flexibility index (Phi) is 7.46. The molecule has 0 saturated carbocycles. The number of hydrogen-bond acceptors (Lipinski definition) is 5. The van der Waals surface area contributed by atoms with E-state index in [0.717, 1.165) is 45.5 Å². The first kappa shape index (κ1) is 27.2. The maximum Gasteiger partial charge on any atom is 0.337 e. The van der Waals surface area contributed by atoms with Gasteiger partial charge >= 0.3 is 5.97 Å². The first-order chi connectivity index (χ1) is 20.4. The van der Waals surface area contributed by atoms with Gasteiger partial charge in [-0.15, -0.1) is 0 Å². The van der Waals surface area contributed by atoms with Gasteiger partial charge in [0.2, 0.25) is 0 Å². The van der Waals surface area contributed by atoms with E-state index in [1.807, 2.05) is 91.1 Å². The van der Waals surface area contributed by atoms with Crippen molar-refractivity contribution in [1.82, 2.24) is 14.9 Å². The van der Waals surface area contributed by atoms with Gasteiger partial charge in [0.25, 0.3) is 0 Å². The van der Waals surface area contributed by atoms with E-state index in [4.69, 9.17) is 26.7 Å². The zero-order chi connectivity index (χ0) is 29.2. The Labute approximate surface area is 250 Å². The third-order valence-corrected chi connectivity index (χ3v) is 7.84. The van der Waals surface area contributed by atoms with Crippen molar-refractivity contribution in [3.63, 3.8) is 0 Å². The predicted octanol–water partition coefficient (Wildman–Crippen LogP) is 7.25.